The first-order chi connectivity index (χ1) is 7.06. The van der Waals surface area contributed by atoms with E-state index in [-0.39, 0.29) is 6.04 Å². The third-order valence-corrected chi connectivity index (χ3v) is 2.99. The van der Waals surface area contributed by atoms with Gasteiger partial charge in [0.1, 0.15) is 0 Å². The average Bonchev–Trinajstić information content (AvgIpc) is 2.21. The molecule has 3 N–H and O–H groups in total. The van der Waals surface area contributed by atoms with E-state index < -0.39 is 6.10 Å². The van der Waals surface area contributed by atoms with Crippen LogP contribution in [0.2, 0.25) is 5.02 Å². The van der Waals surface area contributed by atoms with Gasteiger partial charge in [-0.3, -0.25) is 0 Å². The number of aliphatic hydroxyl groups is 1. The molecule has 0 amide bonds. The summed E-state index contributed by atoms with van der Waals surface area (Å²) in [5, 5.41) is 10.5. The Morgan fingerprint density at radius 1 is 1.47 bits per heavy atom. The first kappa shape index (κ1) is 12.5. The molecule has 0 radical (unpaired) electrons. The van der Waals surface area contributed by atoms with Crippen LogP contribution in [0.5, 0.6) is 0 Å². The van der Waals surface area contributed by atoms with Crippen molar-refractivity contribution in [2.45, 2.75) is 38.8 Å². The van der Waals surface area contributed by atoms with Crippen molar-refractivity contribution in [2.75, 3.05) is 0 Å². The van der Waals surface area contributed by atoms with Gasteiger partial charge >= 0.3 is 0 Å². The lowest BCUT2D eigenvalue weighted by molar-refractivity contribution is 0.134. The summed E-state index contributed by atoms with van der Waals surface area (Å²) in [6, 6.07) is 5.34. The van der Waals surface area contributed by atoms with Crippen LogP contribution in [-0.2, 0) is 0 Å². The van der Waals surface area contributed by atoms with E-state index in [1.165, 1.54) is 0 Å². The monoisotopic (exact) mass is 227 g/mol. The molecule has 2 nitrogen and oxygen atoms in total. The highest BCUT2D eigenvalue weighted by molar-refractivity contribution is 6.31. The van der Waals surface area contributed by atoms with E-state index in [9.17, 15) is 5.11 Å². The first-order valence-corrected chi connectivity index (χ1v) is 5.63. The molecule has 0 saturated heterocycles. The summed E-state index contributed by atoms with van der Waals surface area (Å²) in [4.78, 5) is 0. The molecule has 0 spiro atoms. The molecule has 0 unspecified atom stereocenters. The maximum Gasteiger partial charge on any atom is 0.0732 e. The molecule has 1 aromatic carbocycles. The Hall–Kier alpha value is -0.570. The number of hydrogen-bond acceptors (Lipinski definition) is 2. The maximum absolute atomic E-state index is 9.76. The maximum atomic E-state index is 9.76. The van der Waals surface area contributed by atoms with Gasteiger partial charge in [0.05, 0.1) is 12.1 Å². The molecule has 0 aliphatic rings. The Balaban J connectivity index is 2.81. The topological polar surface area (TPSA) is 46.2 Å². The number of aryl methyl sites for hydroxylation is 1. The fourth-order valence-corrected chi connectivity index (χ4v) is 1.70. The van der Waals surface area contributed by atoms with E-state index in [2.05, 4.69) is 0 Å². The van der Waals surface area contributed by atoms with Crippen molar-refractivity contribution >= 4 is 11.6 Å². The van der Waals surface area contributed by atoms with Gasteiger partial charge in [-0.2, -0.15) is 0 Å². The van der Waals surface area contributed by atoms with Gasteiger partial charge in [0, 0.05) is 5.02 Å². The lowest BCUT2D eigenvalue weighted by atomic mass is 9.98. The third kappa shape index (κ3) is 3.20. The standard InChI is InChI=1S/C12H18ClNO/c1-3-4-11(15)12(14)9-6-5-8(2)10(13)7-9/h5-7,11-12,15H,3-4,14H2,1-2H3/t11-,12+/m1/s1. The molecule has 2 atom stereocenters. The Morgan fingerprint density at radius 3 is 2.67 bits per heavy atom. The van der Waals surface area contributed by atoms with Crippen molar-refractivity contribution in [1.82, 2.24) is 0 Å². The van der Waals surface area contributed by atoms with Gasteiger partial charge in [-0.25, -0.2) is 0 Å². The third-order valence-electron chi connectivity index (χ3n) is 2.58. The smallest absolute Gasteiger partial charge is 0.0732 e. The van der Waals surface area contributed by atoms with Crippen LogP contribution >= 0.6 is 11.6 Å². The summed E-state index contributed by atoms with van der Waals surface area (Å²) in [5.41, 5.74) is 7.86. The predicted molar refractivity (Wildman–Crippen MR) is 64.0 cm³/mol. The molecule has 0 aliphatic carbocycles. The summed E-state index contributed by atoms with van der Waals surface area (Å²) in [5.74, 6) is 0. The van der Waals surface area contributed by atoms with Gasteiger partial charge < -0.3 is 10.8 Å². The largest absolute Gasteiger partial charge is 0.391 e. The van der Waals surface area contributed by atoms with Crippen molar-refractivity contribution in [3.63, 3.8) is 0 Å². The van der Waals surface area contributed by atoms with Gasteiger partial charge in [-0.1, -0.05) is 37.1 Å². The Bertz CT molecular complexity index is 327. The van der Waals surface area contributed by atoms with Crippen molar-refractivity contribution in [2.24, 2.45) is 5.73 Å². The van der Waals surface area contributed by atoms with E-state index >= 15 is 0 Å². The number of aliphatic hydroxyl groups excluding tert-OH is 1. The number of nitrogens with two attached hydrogens (primary N) is 1. The molecule has 0 aromatic heterocycles. The second-order valence-electron chi connectivity index (χ2n) is 3.89. The van der Waals surface area contributed by atoms with Gasteiger partial charge in [0.2, 0.25) is 0 Å². The number of rotatable bonds is 4. The summed E-state index contributed by atoms with van der Waals surface area (Å²) in [7, 11) is 0. The normalized spacial score (nSPS) is 15.0. The van der Waals surface area contributed by atoms with E-state index in [0.29, 0.717) is 11.4 Å². The molecule has 0 bridgehead atoms. The summed E-state index contributed by atoms with van der Waals surface area (Å²) in [6.45, 7) is 3.97. The summed E-state index contributed by atoms with van der Waals surface area (Å²) >= 11 is 6.00. The van der Waals surface area contributed by atoms with Crippen LogP contribution in [0.15, 0.2) is 18.2 Å². The predicted octanol–water partition coefficient (Wildman–Crippen LogP) is 2.81. The quantitative estimate of drug-likeness (QED) is 0.831. The molecular formula is C12H18ClNO. The Morgan fingerprint density at radius 2 is 2.13 bits per heavy atom. The van der Waals surface area contributed by atoms with Gasteiger partial charge in [0.25, 0.3) is 0 Å². The van der Waals surface area contributed by atoms with E-state index in [1.54, 1.807) is 0 Å². The molecule has 0 heterocycles. The lowest BCUT2D eigenvalue weighted by Crippen LogP contribution is -2.25. The summed E-state index contributed by atoms with van der Waals surface area (Å²) < 4.78 is 0. The fourth-order valence-electron chi connectivity index (χ4n) is 1.51. The lowest BCUT2D eigenvalue weighted by Gasteiger charge is -2.19. The van der Waals surface area contributed by atoms with Crippen molar-refractivity contribution < 1.29 is 5.11 Å². The number of hydrogen-bond donors (Lipinski definition) is 2. The molecule has 84 valence electrons. The molecule has 0 saturated carbocycles. The van der Waals surface area contributed by atoms with Crippen LogP contribution in [-0.4, -0.2) is 11.2 Å². The second-order valence-corrected chi connectivity index (χ2v) is 4.30. The number of benzene rings is 1. The van der Waals surface area contributed by atoms with Crippen LogP contribution in [0.25, 0.3) is 0 Å². The zero-order valence-electron chi connectivity index (χ0n) is 9.20. The molecular weight excluding hydrogens is 210 g/mol. The minimum atomic E-state index is -0.492. The fraction of sp³-hybridized carbons (Fsp3) is 0.500. The van der Waals surface area contributed by atoms with E-state index in [4.69, 9.17) is 17.3 Å². The highest BCUT2D eigenvalue weighted by atomic mass is 35.5. The zero-order valence-corrected chi connectivity index (χ0v) is 9.96. The first-order valence-electron chi connectivity index (χ1n) is 5.26. The minimum absolute atomic E-state index is 0.344. The van der Waals surface area contributed by atoms with Crippen molar-refractivity contribution in [1.29, 1.82) is 0 Å². The van der Waals surface area contributed by atoms with Gasteiger partial charge in [0.15, 0.2) is 0 Å². The highest BCUT2D eigenvalue weighted by Crippen LogP contribution is 2.23. The van der Waals surface area contributed by atoms with Gasteiger partial charge in [-0.05, 0) is 30.5 Å². The zero-order chi connectivity index (χ0) is 11.4. The van der Waals surface area contributed by atoms with E-state index in [0.717, 1.165) is 17.5 Å². The summed E-state index contributed by atoms with van der Waals surface area (Å²) in [6.07, 6.45) is 1.15. The Kier molecular flexibility index (Phi) is 4.58. The molecule has 15 heavy (non-hydrogen) atoms. The molecule has 1 rings (SSSR count). The van der Waals surface area contributed by atoms with Gasteiger partial charge in [-0.15, -0.1) is 0 Å². The SMILES string of the molecule is CCC[C@@H](O)[C@@H](N)c1ccc(C)c(Cl)c1. The Labute approximate surface area is 96.1 Å². The van der Waals surface area contributed by atoms with Crippen LogP contribution < -0.4 is 5.73 Å². The highest BCUT2D eigenvalue weighted by Gasteiger charge is 2.16. The van der Waals surface area contributed by atoms with Crippen LogP contribution in [0.4, 0.5) is 0 Å². The molecule has 0 fully saturated rings. The molecule has 3 heteroatoms. The van der Waals surface area contributed by atoms with Crippen LogP contribution in [0.1, 0.15) is 36.9 Å². The average molecular weight is 228 g/mol. The minimum Gasteiger partial charge on any atom is -0.391 e. The van der Waals surface area contributed by atoms with E-state index in [1.807, 2.05) is 32.0 Å². The van der Waals surface area contributed by atoms with Crippen molar-refractivity contribution in [3.05, 3.63) is 34.3 Å². The second kappa shape index (κ2) is 5.50. The van der Waals surface area contributed by atoms with Crippen LogP contribution in [0, 0.1) is 6.92 Å². The number of halogens is 1. The molecule has 0 aliphatic heterocycles. The van der Waals surface area contributed by atoms with Crippen molar-refractivity contribution in [3.8, 4) is 0 Å². The van der Waals surface area contributed by atoms with Crippen LogP contribution in [0.3, 0.4) is 0 Å². The molecule has 1 aromatic rings.